The normalized spacial score (nSPS) is 16.8. The molecule has 0 radical (unpaired) electrons. The molecule has 6 heteroatoms. The molecule has 0 aliphatic carbocycles. The van der Waals surface area contributed by atoms with Gasteiger partial charge in [-0.3, -0.25) is 4.79 Å². The Morgan fingerprint density at radius 3 is 2.26 bits per heavy atom. The van der Waals surface area contributed by atoms with Gasteiger partial charge < -0.3 is 19.4 Å². The summed E-state index contributed by atoms with van der Waals surface area (Å²) in [4.78, 5) is 19.5. The van der Waals surface area contributed by atoms with E-state index in [1.165, 1.54) is 38.0 Å². The van der Waals surface area contributed by atoms with Crippen molar-refractivity contribution in [3.63, 3.8) is 0 Å². The fourth-order valence-electron chi connectivity index (χ4n) is 4.78. The highest BCUT2D eigenvalue weighted by Crippen LogP contribution is 2.21. The van der Waals surface area contributed by atoms with Crippen molar-refractivity contribution in [2.75, 3.05) is 57.3 Å². The predicted octanol–water partition coefficient (Wildman–Crippen LogP) is 4.09. The van der Waals surface area contributed by atoms with Crippen molar-refractivity contribution in [1.29, 1.82) is 5.26 Å². The van der Waals surface area contributed by atoms with Crippen LogP contribution >= 0.6 is 0 Å². The largest absolute Gasteiger partial charge is 0.494 e. The minimum absolute atomic E-state index is 0.206. The summed E-state index contributed by atoms with van der Waals surface area (Å²) < 4.78 is 5.95. The molecular weight excluding hydrogens is 424 g/mol. The van der Waals surface area contributed by atoms with E-state index >= 15 is 0 Å². The molecule has 0 aromatic heterocycles. The fraction of sp³-hybridized carbons (Fsp3) is 0.500. The van der Waals surface area contributed by atoms with Crippen LogP contribution in [0.25, 0.3) is 0 Å². The maximum absolute atomic E-state index is 12.6. The molecule has 0 bridgehead atoms. The van der Waals surface area contributed by atoms with Gasteiger partial charge in [-0.1, -0.05) is 18.6 Å². The van der Waals surface area contributed by atoms with Crippen molar-refractivity contribution in [2.24, 2.45) is 0 Å². The number of likely N-dealkylation sites (tertiary alicyclic amines) is 1. The van der Waals surface area contributed by atoms with E-state index in [1.807, 2.05) is 29.2 Å². The molecular formula is C28H36N4O2. The van der Waals surface area contributed by atoms with E-state index < -0.39 is 0 Å². The van der Waals surface area contributed by atoms with E-state index in [-0.39, 0.29) is 5.91 Å². The van der Waals surface area contributed by atoms with Gasteiger partial charge in [-0.05, 0) is 80.7 Å². The lowest BCUT2D eigenvalue weighted by Gasteiger charge is -2.36. The van der Waals surface area contributed by atoms with Gasteiger partial charge in [-0.2, -0.15) is 5.26 Å². The number of aryl methyl sites for hydroxylation is 1. The average Bonchev–Trinajstić information content (AvgIpc) is 2.91. The molecule has 2 aliphatic heterocycles. The van der Waals surface area contributed by atoms with Gasteiger partial charge in [0.15, 0.2) is 0 Å². The van der Waals surface area contributed by atoms with Crippen molar-refractivity contribution in [1.82, 2.24) is 9.80 Å². The van der Waals surface area contributed by atoms with Crippen molar-refractivity contribution < 1.29 is 9.53 Å². The van der Waals surface area contributed by atoms with Crippen molar-refractivity contribution in [2.45, 2.75) is 38.5 Å². The maximum Gasteiger partial charge on any atom is 0.223 e. The fourth-order valence-corrected chi connectivity index (χ4v) is 4.78. The van der Waals surface area contributed by atoms with E-state index in [2.05, 4.69) is 40.1 Å². The summed E-state index contributed by atoms with van der Waals surface area (Å²) in [7, 11) is 0. The molecule has 2 aromatic rings. The van der Waals surface area contributed by atoms with Crippen LogP contribution in [0.3, 0.4) is 0 Å². The lowest BCUT2D eigenvalue weighted by Crippen LogP contribution is -2.48. The quantitative estimate of drug-likeness (QED) is 0.528. The predicted molar refractivity (Wildman–Crippen MR) is 135 cm³/mol. The topological polar surface area (TPSA) is 59.8 Å². The van der Waals surface area contributed by atoms with E-state index in [0.29, 0.717) is 18.4 Å². The maximum atomic E-state index is 12.6. The SMILES string of the molecule is N#Cc1ccc(CCC(=O)N2CCN(c3ccc(OCCCN4CCCCC4)cc3)CC2)cc1. The number of piperazine rings is 1. The minimum atomic E-state index is 0.206. The zero-order chi connectivity index (χ0) is 23.6. The summed E-state index contributed by atoms with van der Waals surface area (Å²) in [5, 5.41) is 8.90. The second kappa shape index (κ2) is 12.4. The first-order chi connectivity index (χ1) is 16.7. The zero-order valence-corrected chi connectivity index (χ0v) is 20.1. The number of hydrogen-bond donors (Lipinski definition) is 0. The smallest absolute Gasteiger partial charge is 0.223 e. The van der Waals surface area contributed by atoms with Gasteiger partial charge in [0.25, 0.3) is 0 Å². The summed E-state index contributed by atoms with van der Waals surface area (Å²) in [5.74, 6) is 1.14. The molecule has 2 aliphatic rings. The number of ether oxygens (including phenoxy) is 1. The number of carbonyl (C=O) groups is 1. The first-order valence-electron chi connectivity index (χ1n) is 12.7. The van der Waals surface area contributed by atoms with Crippen LogP contribution in [0.1, 0.15) is 43.2 Å². The van der Waals surface area contributed by atoms with Crippen LogP contribution < -0.4 is 9.64 Å². The van der Waals surface area contributed by atoms with Crippen LogP contribution in [0.5, 0.6) is 5.75 Å². The Hall–Kier alpha value is -3.04. The minimum Gasteiger partial charge on any atom is -0.494 e. The molecule has 0 N–H and O–H groups in total. The number of hydrogen-bond acceptors (Lipinski definition) is 5. The Morgan fingerprint density at radius 2 is 1.59 bits per heavy atom. The highest BCUT2D eigenvalue weighted by atomic mass is 16.5. The number of rotatable bonds is 9. The molecule has 6 nitrogen and oxygen atoms in total. The molecule has 2 heterocycles. The summed E-state index contributed by atoms with van der Waals surface area (Å²) >= 11 is 0. The number of carbonyl (C=O) groups excluding carboxylic acids is 1. The third-order valence-electron chi connectivity index (χ3n) is 6.88. The Morgan fingerprint density at radius 1 is 0.882 bits per heavy atom. The van der Waals surface area contributed by atoms with E-state index in [9.17, 15) is 4.79 Å². The summed E-state index contributed by atoms with van der Waals surface area (Å²) in [6.07, 6.45) is 6.35. The third kappa shape index (κ3) is 6.98. The lowest BCUT2D eigenvalue weighted by atomic mass is 10.1. The highest BCUT2D eigenvalue weighted by Gasteiger charge is 2.21. The second-order valence-corrected chi connectivity index (χ2v) is 9.27. The van der Waals surface area contributed by atoms with Gasteiger partial charge in [-0.25, -0.2) is 0 Å². The third-order valence-corrected chi connectivity index (χ3v) is 6.88. The lowest BCUT2D eigenvalue weighted by molar-refractivity contribution is -0.131. The molecule has 2 aromatic carbocycles. The van der Waals surface area contributed by atoms with Crippen LogP contribution in [0, 0.1) is 11.3 Å². The second-order valence-electron chi connectivity index (χ2n) is 9.27. The van der Waals surface area contributed by atoms with Crippen LogP contribution in [0.4, 0.5) is 5.69 Å². The van der Waals surface area contributed by atoms with E-state index in [4.69, 9.17) is 10.00 Å². The average molecular weight is 461 g/mol. The van der Waals surface area contributed by atoms with Crippen LogP contribution in [0.2, 0.25) is 0 Å². The van der Waals surface area contributed by atoms with Crippen LogP contribution in [-0.4, -0.2) is 68.1 Å². The highest BCUT2D eigenvalue weighted by molar-refractivity contribution is 5.76. The molecule has 0 saturated carbocycles. The van der Waals surface area contributed by atoms with Gasteiger partial charge in [0, 0.05) is 44.8 Å². The number of amides is 1. The first-order valence-corrected chi connectivity index (χ1v) is 12.7. The van der Waals surface area contributed by atoms with Gasteiger partial charge in [0.2, 0.25) is 5.91 Å². The Balaban J connectivity index is 1.15. The number of anilines is 1. The van der Waals surface area contributed by atoms with Crippen LogP contribution in [0.15, 0.2) is 48.5 Å². The van der Waals surface area contributed by atoms with Crippen LogP contribution in [-0.2, 0) is 11.2 Å². The Bertz CT molecular complexity index is 938. The standard InChI is InChI=1S/C28H36N4O2/c29-23-25-7-5-24(6-8-25)9-14-28(33)32-20-18-31(19-21-32)26-10-12-27(13-11-26)34-22-4-17-30-15-2-1-3-16-30/h5-8,10-13H,1-4,9,14-22H2. The van der Waals surface area contributed by atoms with Crippen molar-refractivity contribution in [3.8, 4) is 11.8 Å². The number of nitriles is 1. The van der Waals surface area contributed by atoms with Gasteiger partial charge in [0.05, 0.1) is 18.2 Å². The molecule has 180 valence electrons. The molecule has 2 fully saturated rings. The van der Waals surface area contributed by atoms with Crippen molar-refractivity contribution in [3.05, 3.63) is 59.7 Å². The zero-order valence-electron chi connectivity index (χ0n) is 20.1. The summed E-state index contributed by atoms with van der Waals surface area (Å²) in [6, 6.07) is 18.0. The molecule has 0 unspecified atom stereocenters. The Labute approximate surface area is 203 Å². The number of benzene rings is 2. The van der Waals surface area contributed by atoms with E-state index in [0.717, 1.165) is 57.1 Å². The first kappa shape index (κ1) is 24.1. The molecule has 2 saturated heterocycles. The Kier molecular flexibility index (Phi) is 8.81. The van der Waals surface area contributed by atoms with Crippen molar-refractivity contribution >= 4 is 11.6 Å². The molecule has 1 amide bonds. The molecule has 0 atom stereocenters. The van der Waals surface area contributed by atoms with Gasteiger partial charge >= 0.3 is 0 Å². The summed E-state index contributed by atoms with van der Waals surface area (Å²) in [6.45, 7) is 7.57. The number of piperidine rings is 1. The van der Waals surface area contributed by atoms with E-state index in [1.54, 1.807) is 0 Å². The molecule has 0 spiro atoms. The molecule has 4 rings (SSSR count). The van der Waals surface area contributed by atoms with Gasteiger partial charge in [-0.15, -0.1) is 0 Å². The number of nitrogens with zero attached hydrogens (tertiary/aromatic N) is 4. The van der Waals surface area contributed by atoms with Gasteiger partial charge in [0.1, 0.15) is 5.75 Å². The molecule has 34 heavy (non-hydrogen) atoms. The summed E-state index contributed by atoms with van der Waals surface area (Å²) in [5.41, 5.74) is 2.93. The monoisotopic (exact) mass is 460 g/mol.